The fraction of sp³-hybridized carbons (Fsp3) is 0.200. The van der Waals surface area contributed by atoms with Gasteiger partial charge in [-0.3, -0.25) is 14.7 Å². The standard InChI is InChI=1S/C20H20FN5O2S/c1-13-3-5-14(6-4-13)19-23-20(25-24-19)29-12-18(28)26(2)11-17(27)22-16-9-7-15(21)8-10-16/h3-10H,11-12H2,1-2H3,(H,22,27)(H,23,24,25). The monoisotopic (exact) mass is 413 g/mol. The van der Waals surface area contributed by atoms with Crippen molar-refractivity contribution in [1.29, 1.82) is 0 Å². The third-order valence-electron chi connectivity index (χ3n) is 4.05. The fourth-order valence-corrected chi connectivity index (χ4v) is 3.16. The number of benzene rings is 2. The molecule has 0 aliphatic heterocycles. The van der Waals surface area contributed by atoms with Crippen molar-refractivity contribution in [1.82, 2.24) is 20.1 Å². The Balaban J connectivity index is 1.48. The molecule has 0 atom stereocenters. The van der Waals surface area contributed by atoms with Crippen LogP contribution < -0.4 is 5.32 Å². The molecule has 150 valence electrons. The number of likely N-dealkylation sites (N-methyl/N-ethyl adjacent to an activating group) is 1. The van der Waals surface area contributed by atoms with Crippen LogP contribution in [0.2, 0.25) is 0 Å². The smallest absolute Gasteiger partial charge is 0.243 e. The molecular weight excluding hydrogens is 393 g/mol. The predicted molar refractivity (Wildman–Crippen MR) is 110 cm³/mol. The molecule has 0 bridgehead atoms. The lowest BCUT2D eigenvalue weighted by atomic mass is 10.1. The zero-order valence-corrected chi connectivity index (χ0v) is 16.8. The number of halogens is 1. The van der Waals surface area contributed by atoms with E-state index in [0.717, 1.165) is 11.1 Å². The van der Waals surface area contributed by atoms with E-state index in [1.54, 1.807) is 7.05 Å². The summed E-state index contributed by atoms with van der Waals surface area (Å²) in [6, 6.07) is 13.3. The maximum absolute atomic E-state index is 12.9. The van der Waals surface area contributed by atoms with Crippen LogP contribution in [0.5, 0.6) is 0 Å². The molecule has 1 heterocycles. The molecule has 9 heteroatoms. The van der Waals surface area contributed by atoms with E-state index in [0.29, 0.717) is 16.7 Å². The first-order chi connectivity index (χ1) is 13.9. The van der Waals surface area contributed by atoms with Gasteiger partial charge in [-0.1, -0.05) is 41.6 Å². The lowest BCUT2D eigenvalue weighted by Gasteiger charge is -2.16. The maximum atomic E-state index is 12.9. The summed E-state index contributed by atoms with van der Waals surface area (Å²) in [4.78, 5) is 30.0. The van der Waals surface area contributed by atoms with Crippen LogP contribution in [0.25, 0.3) is 11.4 Å². The summed E-state index contributed by atoms with van der Waals surface area (Å²) in [6.07, 6.45) is 0. The second kappa shape index (κ2) is 9.33. The first kappa shape index (κ1) is 20.5. The molecule has 3 aromatic rings. The van der Waals surface area contributed by atoms with E-state index in [9.17, 15) is 14.0 Å². The first-order valence-corrected chi connectivity index (χ1v) is 9.81. The number of hydrogen-bond donors (Lipinski definition) is 2. The highest BCUT2D eigenvalue weighted by Gasteiger charge is 2.15. The number of thioether (sulfide) groups is 1. The van der Waals surface area contributed by atoms with Crippen LogP contribution in [-0.2, 0) is 9.59 Å². The van der Waals surface area contributed by atoms with Crippen LogP contribution in [0.4, 0.5) is 10.1 Å². The summed E-state index contributed by atoms with van der Waals surface area (Å²) >= 11 is 1.19. The molecule has 0 saturated heterocycles. The molecule has 2 amide bonds. The molecule has 1 aromatic heterocycles. The van der Waals surface area contributed by atoms with Gasteiger partial charge in [0.25, 0.3) is 0 Å². The van der Waals surface area contributed by atoms with E-state index in [-0.39, 0.29) is 29.9 Å². The minimum atomic E-state index is -0.384. The highest BCUT2D eigenvalue weighted by atomic mass is 32.2. The van der Waals surface area contributed by atoms with Crippen molar-refractivity contribution >= 4 is 29.3 Å². The third kappa shape index (κ3) is 5.89. The number of nitrogens with zero attached hydrogens (tertiary/aromatic N) is 3. The quantitative estimate of drug-likeness (QED) is 0.581. The van der Waals surface area contributed by atoms with Crippen LogP contribution in [0.3, 0.4) is 0 Å². The number of carbonyl (C=O) groups is 2. The molecule has 0 saturated carbocycles. The molecular formula is C20H20FN5O2S. The number of nitrogens with one attached hydrogen (secondary N) is 2. The van der Waals surface area contributed by atoms with Gasteiger partial charge in [-0.2, -0.15) is 0 Å². The van der Waals surface area contributed by atoms with E-state index in [1.807, 2.05) is 31.2 Å². The number of aryl methyl sites for hydroxylation is 1. The molecule has 7 nitrogen and oxygen atoms in total. The molecule has 0 aliphatic carbocycles. The number of aromatic nitrogens is 3. The Labute approximate surface area is 171 Å². The number of amides is 2. The maximum Gasteiger partial charge on any atom is 0.243 e. The average Bonchev–Trinajstić information content (AvgIpc) is 3.17. The van der Waals surface area contributed by atoms with Gasteiger partial charge < -0.3 is 10.2 Å². The lowest BCUT2D eigenvalue weighted by molar-refractivity contribution is -0.131. The predicted octanol–water partition coefficient (Wildman–Crippen LogP) is 3.11. The number of hydrogen-bond acceptors (Lipinski definition) is 5. The molecule has 0 spiro atoms. The molecule has 3 rings (SSSR count). The Morgan fingerprint density at radius 2 is 1.83 bits per heavy atom. The Morgan fingerprint density at radius 1 is 1.14 bits per heavy atom. The topological polar surface area (TPSA) is 91.0 Å². The van der Waals surface area contributed by atoms with E-state index >= 15 is 0 Å². The minimum absolute atomic E-state index is 0.103. The highest BCUT2D eigenvalue weighted by Crippen LogP contribution is 2.19. The van der Waals surface area contributed by atoms with Gasteiger partial charge in [0.15, 0.2) is 5.82 Å². The summed E-state index contributed by atoms with van der Waals surface area (Å²) in [7, 11) is 1.54. The van der Waals surface area contributed by atoms with Crippen molar-refractivity contribution in [3.8, 4) is 11.4 Å². The Morgan fingerprint density at radius 3 is 2.52 bits per heavy atom. The van der Waals surface area contributed by atoms with Crippen molar-refractivity contribution in [3.05, 3.63) is 59.9 Å². The Kier molecular flexibility index (Phi) is 6.61. The molecule has 0 aliphatic rings. The van der Waals surface area contributed by atoms with Crippen LogP contribution in [-0.4, -0.2) is 51.2 Å². The summed E-state index contributed by atoms with van der Waals surface area (Å²) < 4.78 is 12.9. The van der Waals surface area contributed by atoms with Gasteiger partial charge in [0.1, 0.15) is 5.82 Å². The molecule has 0 unspecified atom stereocenters. The van der Waals surface area contributed by atoms with Crippen molar-refractivity contribution < 1.29 is 14.0 Å². The number of H-pyrrole nitrogens is 1. The second-order valence-electron chi connectivity index (χ2n) is 6.43. The number of anilines is 1. The summed E-state index contributed by atoms with van der Waals surface area (Å²) in [5.41, 5.74) is 2.53. The second-order valence-corrected chi connectivity index (χ2v) is 7.37. The highest BCUT2D eigenvalue weighted by molar-refractivity contribution is 7.99. The van der Waals surface area contributed by atoms with E-state index < -0.39 is 0 Å². The van der Waals surface area contributed by atoms with Crippen LogP contribution in [0, 0.1) is 12.7 Å². The zero-order chi connectivity index (χ0) is 20.8. The van der Waals surface area contributed by atoms with Gasteiger partial charge in [0.2, 0.25) is 17.0 Å². The third-order valence-corrected chi connectivity index (χ3v) is 4.88. The average molecular weight is 413 g/mol. The Hall–Kier alpha value is -3.20. The zero-order valence-electron chi connectivity index (χ0n) is 16.0. The van der Waals surface area contributed by atoms with Gasteiger partial charge in [-0.15, -0.1) is 5.10 Å². The van der Waals surface area contributed by atoms with Crippen molar-refractivity contribution in [2.75, 3.05) is 24.7 Å². The minimum Gasteiger partial charge on any atom is -0.336 e. The number of rotatable bonds is 7. The van der Waals surface area contributed by atoms with Crippen molar-refractivity contribution in [2.45, 2.75) is 12.1 Å². The van der Waals surface area contributed by atoms with Crippen molar-refractivity contribution in [3.63, 3.8) is 0 Å². The van der Waals surface area contributed by atoms with Gasteiger partial charge in [0.05, 0.1) is 12.3 Å². The summed E-state index contributed by atoms with van der Waals surface area (Å²) in [5, 5.41) is 10.1. The molecule has 0 fully saturated rings. The van der Waals surface area contributed by atoms with E-state index in [2.05, 4.69) is 20.5 Å². The molecule has 29 heavy (non-hydrogen) atoms. The number of carbonyl (C=O) groups excluding carboxylic acids is 2. The van der Waals surface area contributed by atoms with Gasteiger partial charge in [-0.05, 0) is 31.2 Å². The molecule has 2 N–H and O–H groups in total. The van der Waals surface area contributed by atoms with E-state index in [4.69, 9.17) is 0 Å². The lowest BCUT2D eigenvalue weighted by Crippen LogP contribution is -2.35. The SMILES string of the molecule is Cc1ccc(-c2nc(SCC(=O)N(C)CC(=O)Nc3ccc(F)cc3)n[nH]2)cc1. The van der Waals surface area contributed by atoms with Crippen molar-refractivity contribution in [2.24, 2.45) is 0 Å². The largest absolute Gasteiger partial charge is 0.336 e. The molecule has 0 radical (unpaired) electrons. The normalized spacial score (nSPS) is 10.6. The van der Waals surface area contributed by atoms with Crippen LogP contribution in [0.15, 0.2) is 53.7 Å². The molecule has 2 aromatic carbocycles. The first-order valence-electron chi connectivity index (χ1n) is 8.82. The summed E-state index contributed by atoms with van der Waals surface area (Å²) in [5.74, 6) is -0.245. The van der Waals surface area contributed by atoms with Crippen LogP contribution in [0.1, 0.15) is 5.56 Å². The van der Waals surface area contributed by atoms with Gasteiger partial charge >= 0.3 is 0 Å². The van der Waals surface area contributed by atoms with Gasteiger partial charge in [0, 0.05) is 18.3 Å². The summed E-state index contributed by atoms with van der Waals surface area (Å²) in [6.45, 7) is 1.90. The number of aromatic amines is 1. The Bertz CT molecular complexity index is 989. The fourth-order valence-electron chi connectivity index (χ4n) is 2.43. The van der Waals surface area contributed by atoms with E-state index in [1.165, 1.54) is 40.9 Å². The van der Waals surface area contributed by atoms with Gasteiger partial charge in [-0.25, -0.2) is 9.37 Å². The van der Waals surface area contributed by atoms with Crippen LogP contribution >= 0.6 is 11.8 Å².